The Hall–Kier alpha value is -3.65. The fourth-order valence-corrected chi connectivity index (χ4v) is 5.55. The molecule has 0 aliphatic rings. The Labute approximate surface area is 226 Å². The van der Waals surface area contributed by atoms with Gasteiger partial charge in [0.15, 0.2) is 0 Å². The van der Waals surface area contributed by atoms with E-state index in [4.69, 9.17) is 0 Å². The Morgan fingerprint density at radius 2 is 1.42 bits per heavy atom. The molecule has 0 aromatic heterocycles. The number of carbonyl (C=O) groups is 2. The van der Waals surface area contributed by atoms with E-state index in [2.05, 4.69) is 5.32 Å². The van der Waals surface area contributed by atoms with Crippen LogP contribution in [0.3, 0.4) is 0 Å². The van der Waals surface area contributed by atoms with Gasteiger partial charge in [0.05, 0.1) is 10.6 Å². The number of benzene rings is 3. The van der Waals surface area contributed by atoms with E-state index in [1.807, 2.05) is 65.0 Å². The van der Waals surface area contributed by atoms with Crippen molar-refractivity contribution in [1.29, 1.82) is 0 Å². The van der Waals surface area contributed by atoms with Crippen LogP contribution in [0.15, 0.2) is 89.8 Å². The van der Waals surface area contributed by atoms with Crippen LogP contribution in [-0.2, 0) is 26.2 Å². The summed E-state index contributed by atoms with van der Waals surface area (Å²) in [5, 5.41) is 2.97. The SMILES string of the molecule is CCC(C(=O)NC(C)(C)C)N(Cc1ccccc1)C(=O)CN(c1ccc(C)cc1)S(=O)(=O)c1ccccc1. The minimum Gasteiger partial charge on any atom is -0.350 e. The summed E-state index contributed by atoms with van der Waals surface area (Å²) in [5.41, 5.74) is 1.69. The van der Waals surface area contributed by atoms with Crippen LogP contribution in [-0.4, -0.2) is 43.3 Å². The van der Waals surface area contributed by atoms with Gasteiger partial charge in [0.25, 0.3) is 10.0 Å². The molecule has 8 heteroatoms. The Morgan fingerprint density at radius 3 is 1.95 bits per heavy atom. The van der Waals surface area contributed by atoms with Gasteiger partial charge in [-0.15, -0.1) is 0 Å². The van der Waals surface area contributed by atoms with Gasteiger partial charge in [-0.25, -0.2) is 8.42 Å². The normalized spacial score (nSPS) is 12.4. The smallest absolute Gasteiger partial charge is 0.264 e. The first-order valence-corrected chi connectivity index (χ1v) is 14.2. The molecule has 3 aromatic carbocycles. The monoisotopic (exact) mass is 535 g/mol. The van der Waals surface area contributed by atoms with Gasteiger partial charge in [-0.1, -0.05) is 73.2 Å². The maximum Gasteiger partial charge on any atom is 0.264 e. The summed E-state index contributed by atoms with van der Waals surface area (Å²) in [6, 6.07) is 23.6. The number of hydrogen-bond donors (Lipinski definition) is 1. The molecule has 1 N–H and O–H groups in total. The minimum atomic E-state index is -4.06. The topological polar surface area (TPSA) is 86.8 Å². The van der Waals surface area contributed by atoms with E-state index in [1.165, 1.54) is 17.0 Å². The summed E-state index contributed by atoms with van der Waals surface area (Å²) in [7, 11) is -4.06. The summed E-state index contributed by atoms with van der Waals surface area (Å²) in [6.45, 7) is 9.11. The van der Waals surface area contributed by atoms with Crippen molar-refractivity contribution < 1.29 is 18.0 Å². The number of rotatable bonds is 10. The molecule has 1 atom stereocenters. The van der Waals surface area contributed by atoms with Crippen LogP contribution in [0.4, 0.5) is 5.69 Å². The number of amides is 2. The largest absolute Gasteiger partial charge is 0.350 e. The molecule has 38 heavy (non-hydrogen) atoms. The van der Waals surface area contributed by atoms with Crippen LogP contribution in [0.1, 0.15) is 45.2 Å². The molecule has 0 radical (unpaired) electrons. The number of hydrogen-bond acceptors (Lipinski definition) is 4. The van der Waals surface area contributed by atoms with Crippen LogP contribution >= 0.6 is 0 Å². The molecule has 0 bridgehead atoms. The Kier molecular flexibility index (Phi) is 9.33. The summed E-state index contributed by atoms with van der Waals surface area (Å²) < 4.78 is 28.7. The zero-order valence-corrected chi connectivity index (χ0v) is 23.5. The fraction of sp³-hybridized carbons (Fsp3) is 0.333. The maximum atomic E-state index is 14.0. The zero-order valence-electron chi connectivity index (χ0n) is 22.7. The Bertz CT molecular complexity index is 1320. The molecule has 3 rings (SSSR count). The van der Waals surface area contributed by atoms with Gasteiger partial charge in [0.1, 0.15) is 12.6 Å². The molecule has 7 nitrogen and oxygen atoms in total. The number of carbonyl (C=O) groups excluding carboxylic acids is 2. The summed E-state index contributed by atoms with van der Waals surface area (Å²) in [6.07, 6.45) is 0.371. The summed E-state index contributed by atoms with van der Waals surface area (Å²) in [5.74, 6) is -0.748. The van der Waals surface area contributed by atoms with Crippen LogP contribution in [0.5, 0.6) is 0 Å². The first-order valence-electron chi connectivity index (χ1n) is 12.7. The number of anilines is 1. The first-order chi connectivity index (χ1) is 17.9. The van der Waals surface area contributed by atoms with Crippen molar-refractivity contribution in [3.63, 3.8) is 0 Å². The number of sulfonamides is 1. The average Bonchev–Trinajstić information content (AvgIpc) is 2.87. The highest BCUT2D eigenvalue weighted by Gasteiger charge is 2.34. The number of nitrogens with one attached hydrogen (secondary N) is 1. The molecule has 0 fully saturated rings. The predicted molar refractivity (Wildman–Crippen MR) is 151 cm³/mol. The van der Waals surface area contributed by atoms with E-state index in [-0.39, 0.29) is 17.3 Å². The molecule has 1 unspecified atom stereocenters. The Balaban J connectivity index is 2.04. The lowest BCUT2D eigenvalue weighted by molar-refractivity contribution is -0.141. The lowest BCUT2D eigenvalue weighted by atomic mass is 10.1. The number of aryl methyl sites for hydroxylation is 1. The van der Waals surface area contributed by atoms with Crippen LogP contribution in [0.25, 0.3) is 0 Å². The van der Waals surface area contributed by atoms with Crippen molar-refractivity contribution in [2.75, 3.05) is 10.8 Å². The van der Waals surface area contributed by atoms with E-state index in [1.54, 1.807) is 42.5 Å². The van der Waals surface area contributed by atoms with Gasteiger partial charge >= 0.3 is 0 Å². The van der Waals surface area contributed by atoms with Crippen molar-refractivity contribution in [3.8, 4) is 0 Å². The second-order valence-corrected chi connectivity index (χ2v) is 12.2. The highest BCUT2D eigenvalue weighted by molar-refractivity contribution is 7.92. The van der Waals surface area contributed by atoms with Gasteiger partial charge in [-0.3, -0.25) is 13.9 Å². The van der Waals surface area contributed by atoms with E-state index >= 15 is 0 Å². The molecule has 0 saturated carbocycles. The molecule has 202 valence electrons. The molecule has 0 aliphatic heterocycles. The van der Waals surface area contributed by atoms with Crippen molar-refractivity contribution in [1.82, 2.24) is 10.2 Å². The lowest BCUT2D eigenvalue weighted by Gasteiger charge is -2.34. The standard InChI is InChI=1S/C30H37N3O4S/c1-6-27(29(35)31-30(3,4)5)32(21-24-13-9-7-10-14-24)28(34)22-33(25-19-17-23(2)18-20-25)38(36,37)26-15-11-8-12-16-26/h7-20,27H,6,21-22H2,1-5H3,(H,31,35). The van der Waals surface area contributed by atoms with Crippen LogP contribution in [0.2, 0.25) is 0 Å². The van der Waals surface area contributed by atoms with Crippen LogP contribution in [0, 0.1) is 6.92 Å². The molecular formula is C30H37N3O4S. The number of nitrogens with zero attached hydrogens (tertiary/aromatic N) is 2. The summed E-state index contributed by atoms with van der Waals surface area (Å²) in [4.78, 5) is 28.9. The molecular weight excluding hydrogens is 498 g/mol. The third kappa shape index (κ3) is 7.44. The highest BCUT2D eigenvalue weighted by atomic mass is 32.2. The van der Waals surface area contributed by atoms with Crippen molar-refractivity contribution in [2.24, 2.45) is 0 Å². The van der Waals surface area contributed by atoms with Crippen molar-refractivity contribution in [3.05, 3.63) is 96.1 Å². The van der Waals surface area contributed by atoms with Gasteiger partial charge in [0, 0.05) is 12.1 Å². The third-order valence-electron chi connectivity index (χ3n) is 6.01. The van der Waals surface area contributed by atoms with E-state index in [9.17, 15) is 18.0 Å². The minimum absolute atomic E-state index is 0.0838. The second kappa shape index (κ2) is 12.3. The average molecular weight is 536 g/mol. The summed E-state index contributed by atoms with van der Waals surface area (Å²) >= 11 is 0. The zero-order chi connectivity index (χ0) is 27.9. The molecule has 0 aliphatic carbocycles. The van der Waals surface area contributed by atoms with Crippen LogP contribution < -0.4 is 9.62 Å². The maximum absolute atomic E-state index is 14.0. The second-order valence-electron chi connectivity index (χ2n) is 10.3. The van der Waals surface area contributed by atoms with Gasteiger partial charge in [-0.2, -0.15) is 0 Å². The van der Waals surface area contributed by atoms with E-state index in [0.717, 1.165) is 15.4 Å². The Morgan fingerprint density at radius 1 is 0.868 bits per heavy atom. The van der Waals surface area contributed by atoms with Gasteiger partial charge in [0.2, 0.25) is 11.8 Å². The molecule has 0 saturated heterocycles. The predicted octanol–water partition coefficient (Wildman–Crippen LogP) is 4.91. The molecule has 0 heterocycles. The third-order valence-corrected chi connectivity index (χ3v) is 7.80. The van der Waals surface area contributed by atoms with Crippen molar-refractivity contribution >= 4 is 27.5 Å². The molecule has 3 aromatic rings. The lowest BCUT2D eigenvalue weighted by Crippen LogP contribution is -2.55. The first kappa shape index (κ1) is 28.9. The fourth-order valence-electron chi connectivity index (χ4n) is 4.11. The van der Waals surface area contributed by atoms with E-state index < -0.39 is 34.1 Å². The quantitative estimate of drug-likeness (QED) is 0.400. The molecule has 2 amide bonds. The van der Waals surface area contributed by atoms with Gasteiger partial charge in [-0.05, 0) is 63.9 Å². The highest BCUT2D eigenvalue weighted by Crippen LogP contribution is 2.25. The molecule has 0 spiro atoms. The van der Waals surface area contributed by atoms with E-state index in [0.29, 0.717) is 12.1 Å². The van der Waals surface area contributed by atoms with Gasteiger partial charge < -0.3 is 10.2 Å². The van der Waals surface area contributed by atoms with Crippen molar-refractivity contribution in [2.45, 2.75) is 64.1 Å².